The lowest BCUT2D eigenvalue weighted by molar-refractivity contribution is -0.119. The van der Waals surface area contributed by atoms with Gasteiger partial charge in [0.25, 0.3) is 0 Å². The summed E-state index contributed by atoms with van der Waals surface area (Å²) in [7, 11) is 0. The van der Waals surface area contributed by atoms with Gasteiger partial charge in [0.05, 0.1) is 5.60 Å². The third-order valence-electron chi connectivity index (χ3n) is 4.58. The van der Waals surface area contributed by atoms with Crippen LogP contribution in [0.5, 0.6) is 0 Å². The molecule has 0 bridgehead atoms. The normalized spacial score (nSPS) is 19.9. The number of rotatable bonds is 5. The van der Waals surface area contributed by atoms with Gasteiger partial charge in [-0.25, -0.2) is 0 Å². The highest BCUT2D eigenvalue weighted by Crippen LogP contribution is 2.30. The van der Waals surface area contributed by atoms with Crippen LogP contribution in [0.15, 0.2) is 30.3 Å². The number of nitrogens with zero attached hydrogens (tertiary/aromatic N) is 1. The molecule has 2 amide bonds. The van der Waals surface area contributed by atoms with Crippen LogP contribution in [-0.2, 0) is 9.59 Å². The van der Waals surface area contributed by atoms with Crippen LogP contribution >= 0.6 is 0 Å². The number of benzene rings is 1. The molecule has 2 fully saturated rings. The number of carbonyl (C=O) groups is 2. The molecule has 5 heteroatoms. The zero-order valence-corrected chi connectivity index (χ0v) is 13.1. The highest BCUT2D eigenvalue weighted by Gasteiger charge is 2.34. The molecule has 0 atom stereocenters. The van der Waals surface area contributed by atoms with Crippen molar-refractivity contribution in [2.45, 2.75) is 37.7 Å². The van der Waals surface area contributed by atoms with E-state index in [0.717, 1.165) is 43.5 Å². The third-order valence-corrected chi connectivity index (χ3v) is 4.58. The molecule has 0 unspecified atom stereocenters. The lowest BCUT2D eigenvalue weighted by Gasteiger charge is -2.36. The van der Waals surface area contributed by atoms with E-state index in [-0.39, 0.29) is 11.8 Å². The molecule has 3 rings (SSSR count). The highest BCUT2D eigenvalue weighted by molar-refractivity contribution is 5.95. The predicted molar refractivity (Wildman–Crippen MR) is 88.9 cm³/mol. The van der Waals surface area contributed by atoms with Crippen molar-refractivity contribution in [2.24, 2.45) is 0 Å². The quantitative estimate of drug-likeness (QED) is 0.815. The van der Waals surface area contributed by atoms with Crippen LogP contribution in [-0.4, -0.2) is 35.6 Å². The molecule has 0 spiro atoms. The van der Waals surface area contributed by atoms with Crippen LogP contribution < -0.4 is 10.2 Å². The monoisotopic (exact) mass is 314 g/mol. The zero-order chi connectivity index (χ0) is 16.3. The fourth-order valence-electron chi connectivity index (χ4n) is 2.93. The molecular formula is C18H22N2O3. The molecule has 2 N–H and O–H groups in total. The van der Waals surface area contributed by atoms with E-state index < -0.39 is 5.60 Å². The van der Waals surface area contributed by atoms with E-state index in [9.17, 15) is 14.7 Å². The molecule has 1 saturated heterocycles. The van der Waals surface area contributed by atoms with E-state index >= 15 is 0 Å². The van der Waals surface area contributed by atoms with Crippen LogP contribution in [0.1, 0.15) is 37.7 Å². The first-order valence-electron chi connectivity index (χ1n) is 8.15. The van der Waals surface area contributed by atoms with Crippen molar-refractivity contribution in [3.63, 3.8) is 0 Å². The molecule has 2 aliphatic rings. The van der Waals surface area contributed by atoms with Gasteiger partial charge in [-0.1, -0.05) is 12.1 Å². The average molecular weight is 314 g/mol. The molecule has 122 valence electrons. The Morgan fingerprint density at radius 2 is 2.00 bits per heavy atom. The first-order valence-corrected chi connectivity index (χ1v) is 8.15. The second kappa shape index (κ2) is 6.54. The van der Waals surface area contributed by atoms with E-state index in [1.54, 1.807) is 11.0 Å². The maximum atomic E-state index is 11.8. The molecular weight excluding hydrogens is 292 g/mol. The van der Waals surface area contributed by atoms with E-state index in [1.807, 2.05) is 24.3 Å². The van der Waals surface area contributed by atoms with Gasteiger partial charge in [-0.15, -0.1) is 0 Å². The number of anilines is 1. The van der Waals surface area contributed by atoms with Gasteiger partial charge in [-0.3, -0.25) is 9.59 Å². The molecule has 1 aromatic carbocycles. The van der Waals surface area contributed by atoms with Crippen molar-refractivity contribution in [2.75, 3.05) is 18.0 Å². The summed E-state index contributed by atoms with van der Waals surface area (Å²) in [5.74, 6) is -0.0364. The fourth-order valence-corrected chi connectivity index (χ4v) is 2.93. The van der Waals surface area contributed by atoms with E-state index in [4.69, 9.17) is 0 Å². The largest absolute Gasteiger partial charge is 0.388 e. The highest BCUT2D eigenvalue weighted by atomic mass is 16.3. The van der Waals surface area contributed by atoms with Crippen LogP contribution in [0.4, 0.5) is 5.69 Å². The van der Waals surface area contributed by atoms with E-state index in [1.165, 1.54) is 6.08 Å². The van der Waals surface area contributed by atoms with Gasteiger partial charge < -0.3 is 15.3 Å². The lowest BCUT2D eigenvalue weighted by Crippen LogP contribution is -2.47. The summed E-state index contributed by atoms with van der Waals surface area (Å²) < 4.78 is 0. The Bertz CT molecular complexity index is 618. The number of hydrogen-bond acceptors (Lipinski definition) is 3. The van der Waals surface area contributed by atoms with Crippen molar-refractivity contribution in [3.8, 4) is 0 Å². The Kier molecular flexibility index (Phi) is 4.48. The molecule has 1 aromatic rings. The van der Waals surface area contributed by atoms with Crippen molar-refractivity contribution < 1.29 is 14.7 Å². The van der Waals surface area contributed by atoms with Crippen LogP contribution in [0.25, 0.3) is 6.08 Å². The van der Waals surface area contributed by atoms with Crippen LogP contribution in [0.2, 0.25) is 0 Å². The standard InChI is InChI=1S/C18H22N2O3/c21-16(19-13-18(23)10-2-11-18)9-6-14-4-7-15(8-5-14)20-12-1-3-17(20)22/h4-9,23H,1-3,10-13H2,(H,19,21). The molecule has 1 heterocycles. The maximum absolute atomic E-state index is 11.8. The molecule has 5 nitrogen and oxygen atoms in total. The summed E-state index contributed by atoms with van der Waals surface area (Å²) in [4.78, 5) is 25.2. The van der Waals surface area contributed by atoms with Gasteiger partial charge in [0, 0.05) is 31.3 Å². The van der Waals surface area contributed by atoms with Crippen LogP contribution in [0.3, 0.4) is 0 Å². The Hall–Kier alpha value is -2.14. The SMILES string of the molecule is O=C(C=Cc1ccc(N2CCCC2=O)cc1)NCC1(O)CCC1. The number of carbonyl (C=O) groups excluding carboxylic acids is 2. The predicted octanol–water partition coefficient (Wildman–Crippen LogP) is 1.86. The summed E-state index contributed by atoms with van der Waals surface area (Å²) >= 11 is 0. The smallest absolute Gasteiger partial charge is 0.244 e. The zero-order valence-electron chi connectivity index (χ0n) is 13.1. The van der Waals surface area contributed by atoms with Crippen molar-refractivity contribution >= 4 is 23.6 Å². The summed E-state index contributed by atoms with van der Waals surface area (Å²) in [6.07, 6.45) is 7.27. The van der Waals surface area contributed by atoms with Gasteiger partial charge in [0.2, 0.25) is 11.8 Å². The van der Waals surface area contributed by atoms with Crippen LogP contribution in [0, 0.1) is 0 Å². The average Bonchev–Trinajstić information content (AvgIpc) is 2.95. The molecule has 0 radical (unpaired) electrons. The summed E-state index contributed by atoms with van der Waals surface area (Å²) in [5, 5.41) is 12.7. The fraction of sp³-hybridized carbons (Fsp3) is 0.444. The van der Waals surface area contributed by atoms with Crippen molar-refractivity contribution in [1.82, 2.24) is 5.32 Å². The maximum Gasteiger partial charge on any atom is 0.244 e. The number of aliphatic hydroxyl groups is 1. The van der Waals surface area contributed by atoms with Crippen molar-refractivity contribution in [3.05, 3.63) is 35.9 Å². The summed E-state index contributed by atoms with van der Waals surface area (Å²) in [5.41, 5.74) is 1.10. The van der Waals surface area contributed by atoms with Gasteiger partial charge in [0.15, 0.2) is 0 Å². The van der Waals surface area contributed by atoms with Gasteiger partial charge in [-0.05, 0) is 49.5 Å². The molecule has 1 aliphatic carbocycles. The number of hydrogen-bond donors (Lipinski definition) is 2. The topological polar surface area (TPSA) is 69.6 Å². The first kappa shape index (κ1) is 15.7. The minimum absolute atomic E-state index is 0.168. The second-order valence-electron chi connectivity index (χ2n) is 6.37. The van der Waals surface area contributed by atoms with Gasteiger partial charge in [-0.2, -0.15) is 0 Å². The Morgan fingerprint density at radius 1 is 1.26 bits per heavy atom. The minimum Gasteiger partial charge on any atom is -0.388 e. The van der Waals surface area contributed by atoms with Gasteiger partial charge in [0.1, 0.15) is 0 Å². The number of amides is 2. The van der Waals surface area contributed by atoms with Crippen molar-refractivity contribution in [1.29, 1.82) is 0 Å². The Labute approximate surface area is 136 Å². The van der Waals surface area contributed by atoms with E-state index in [2.05, 4.69) is 5.32 Å². The van der Waals surface area contributed by atoms with E-state index in [0.29, 0.717) is 13.0 Å². The second-order valence-corrected chi connectivity index (χ2v) is 6.37. The Balaban J connectivity index is 1.53. The molecule has 1 saturated carbocycles. The summed E-state index contributed by atoms with van der Waals surface area (Å²) in [6, 6.07) is 7.59. The first-order chi connectivity index (χ1) is 11.1. The summed E-state index contributed by atoms with van der Waals surface area (Å²) in [6.45, 7) is 1.09. The molecule has 0 aromatic heterocycles. The van der Waals surface area contributed by atoms with Gasteiger partial charge >= 0.3 is 0 Å². The minimum atomic E-state index is -0.701. The molecule has 1 aliphatic heterocycles. The lowest BCUT2D eigenvalue weighted by atomic mass is 9.80. The third kappa shape index (κ3) is 3.79. The number of nitrogens with one attached hydrogen (secondary N) is 1. The Morgan fingerprint density at radius 3 is 2.57 bits per heavy atom. The molecule has 23 heavy (non-hydrogen) atoms.